The Morgan fingerprint density at radius 3 is 1.83 bits per heavy atom. The van der Waals surface area contributed by atoms with E-state index in [-0.39, 0.29) is 0 Å². The van der Waals surface area contributed by atoms with Crippen molar-refractivity contribution in [3.05, 3.63) is 188 Å². The summed E-state index contributed by atoms with van der Waals surface area (Å²) in [5.74, 6) is 1.88. The van der Waals surface area contributed by atoms with E-state index in [1.807, 2.05) is 18.3 Å². The highest BCUT2D eigenvalue weighted by molar-refractivity contribution is 6.10. The number of hydrogen-bond donors (Lipinski definition) is 0. The molecule has 0 saturated carbocycles. The minimum atomic E-state index is 0.619. The first kappa shape index (κ1) is 30.6. The number of pyridine rings is 1. The summed E-state index contributed by atoms with van der Waals surface area (Å²) in [5.41, 5.74) is 10.7. The predicted octanol–water partition coefficient (Wildman–Crippen LogP) is 11.9. The van der Waals surface area contributed by atoms with Gasteiger partial charge in [0.2, 0.25) is 0 Å². The molecule has 0 aliphatic heterocycles. The number of hydrogen-bond acceptors (Lipinski definition) is 4. The van der Waals surface area contributed by atoms with E-state index in [1.54, 1.807) is 6.20 Å². The second-order valence-electron chi connectivity index (χ2n) is 13.2. The summed E-state index contributed by atoms with van der Waals surface area (Å²) < 4.78 is 2.34. The largest absolute Gasteiger partial charge is 0.309 e. The number of aromatic nitrogens is 5. The Balaban J connectivity index is 1.08. The highest BCUT2D eigenvalue weighted by Gasteiger charge is 2.16. The molecule has 0 amide bonds. The zero-order valence-corrected chi connectivity index (χ0v) is 28.6. The summed E-state index contributed by atoms with van der Waals surface area (Å²) in [7, 11) is 0. The van der Waals surface area contributed by atoms with E-state index < -0.39 is 0 Å². The average molecular weight is 678 g/mol. The molecule has 3 aromatic heterocycles. The Hall–Kier alpha value is -7.24. The van der Waals surface area contributed by atoms with Crippen LogP contribution in [0.3, 0.4) is 0 Å². The summed E-state index contributed by atoms with van der Waals surface area (Å²) in [4.78, 5) is 19.6. The standard InChI is InChI=1S/C48H31N5/c1-2-16-39(17-3-1)53-44-21-7-6-19-41(44)43-30-36(26-27-45(43)53)32-22-24-34(25-23-32)46-50-47(37-14-8-13-35(29-37)38-15-10-28-49-31-38)52-48(51-46)42-20-9-12-33-11-4-5-18-40(33)42/h1-31H. The van der Waals surface area contributed by atoms with Crippen LogP contribution in [-0.4, -0.2) is 24.5 Å². The molecule has 3 heterocycles. The lowest BCUT2D eigenvalue weighted by atomic mass is 10.0. The third kappa shape index (κ3) is 5.52. The number of fused-ring (bicyclic) bond motifs is 4. The molecule has 53 heavy (non-hydrogen) atoms. The molecular formula is C48H31N5. The molecule has 10 rings (SSSR count). The average Bonchev–Trinajstić information content (AvgIpc) is 3.58. The Labute approximate surface area is 306 Å². The van der Waals surface area contributed by atoms with E-state index in [0.717, 1.165) is 55.4 Å². The lowest BCUT2D eigenvalue weighted by Crippen LogP contribution is -2.00. The van der Waals surface area contributed by atoms with E-state index in [0.29, 0.717) is 17.5 Å². The van der Waals surface area contributed by atoms with Gasteiger partial charge in [-0.2, -0.15) is 0 Å². The van der Waals surface area contributed by atoms with Crippen LogP contribution >= 0.6 is 0 Å². The van der Waals surface area contributed by atoms with Crippen LogP contribution in [0, 0.1) is 0 Å². The van der Waals surface area contributed by atoms with Gasteiger partial charge < -0.3 is 4.57 Å². The lowest BCUT2D eigenvalue weighted by molar-refractivity contribution is 1.08. The maximum absolute atomic E-state index is 5.10. The Bertz CT molecular complexity index is 2930. The predicted molar refractivity (Wildman–Crippen MR) is 217 cm³/mol. The highest BCUT2D eigenvalue weighted by atomic mass is 15.0. The molecule has 248 valence electrons. The molecule has 0 aliphatic rings. The molecule has 0 unspecified atom stereocenters. The third-order valence-corrected chi connectivity index (χ3v) is 9.94. The second-order valence-corrected chi connectivity index (χ2v) is 13.2. The Morgan fingerprint density at radius 1 is 0.358 bits per heavy atom. The summed E-state index contributed by atoms with van der Waals surface area (Å²) in [6.07, 6.45) is 3.66. The minimum absolute atomic E-state index is 0.619. The van der Waals surface area contributed by atoms with Crippen LogP contribution in [0.1, 0.15) is 0 Å². The van der Waals surface area contributed by atoms with Gasteiger partial charge in [-0.25, -0.2) is 15.0 Å². The van der Waals surface area contributed by atoms with Crippen molar-refractivity contribution in [3.63, 3.8) is 0 Å². The zero-order chi connectivity index (χ0) is 35.1. The van der Waals surface area contributed by atoms with Crippen molar-refractivity contribution in [3.8, 4) is 62.1 Å². The summed E-state index contributed by atoms with van der Waals surface area (Å²) >= 11 is 0. The van der Waals surface area contributed by atoms with E-state index in [4.69, 9.17) is 15.0 Å². The van der Waals surface area contributed by atoms with Gasteiger partial charge >= 0.3 is 0 Å². The molecule has 0 spiro atoms. The molecule has 7 aromatic carbocycles. The van der Waals surface area contributed by atoms with E-state index in [9.17, 15) is 0 Å². The maximum atomic E-state index is 5.10. The molecule has 0 aliphatic carbocycles. The van der Waals surface area contributed by atoms with Gasteiger partial charge in [0.25, 0.3) is 0 Å². The van der Waals surface area contributed by atoms with Crippen LogP contribution in [0.25, 0.3) is 94.7 Å². The van der Waals surface area contributed by atoms with E-state index in [2.05, 4.69) is 173 Å². The molecule has 5 heteroatoms. The summed E-state index contributed by atoms with van der Waals surface area (Å²) in [5, 5.41) is 4.69. The van der Waals surface area contributed by atoms with Crippen LogP contribution < -0.4 is 0 Å². The summed E-state index contributed by atoms with van der Waals surface area (Å²) in [6, 6.07) is 61.5. The summed E-state index contributed by atoms with van der Waals surface area (Å²) in [6.45, 7) is 0. The van der Waals surface area contributed by atoms with Crippen LogP contribution in [0.5, 0.6) is 0 Å². The Kier molecular flexibility index (Phi) is 7.40. The smallest absolute Gasteiger partial charge is 0.164 e. The van der Waals surface area contributed by atoms with Gasteiger partial charge in [0, 0.05) is 51.1 Å². The van der Waals surface area contributed by atoms with Crippen molar-refractivity contribution >= 4 is 32.6 Å². The number of benzene rings is 7. The number of rotatable bonds is 6. The minimum Gasteiger partial charge on any atom is -0.309 e. The molecule has 0 radical (unpaired) electrons. The number of nitrogens with zero attached hydrogens (tertiary/aromatic N) is 5. The fourth-order valence-electron chi connectivity index (χ4n) is 7.37. The number of para-hydroxylation sites is 2. The normalized spacial score (nSPS) is 11.4. The van der Waals surface area contributed by atoms with Gasteiger partial charge in [-0.05, 0) is 69.9 Å². The van der Waals surface area contributed by atoms with Gasteiger partial charge in [0.05, 0.1) is 11.0 Å². The quantitative estimate of drug-likeness (QED) is 0.176. The zero-order valence-electron chi connectivity index (χ0n) is 28.6. The van der Waals surface area contributed by atoms with Gasteiger partial charge in [-0.15, -0.1) is 0 Å². The van der Waals surface area contributed by atoms with E-state index in [1.165, 1.54) is 21.8 Å². The van der Waals surface area contributed by atoms with Crippen molar-refractivity contribution in [2.24, 2.45) is 0 Å². The molecule has 10 aromatic rings. The molecule has 0 N–H and O–H groups in total. The lowest BCUT2D eigenvalue weighted by Gasteiger charge is -2.11. The molecule has 0 saturated heterocycles. The maximum Gasteiger partial charge on any atom is 0.164 e. The SMILES string of the molecule is c1ccc(-n2c3ccccc3c3cc(-c4ccc(-c5nc(-c6cccc(-c7cccnc7)c6)nc(-c6cccc7ccccc67)n5)cc4)ccc32)cc1. The van der Waals surface area contributed by atoms with Crippen molar-refractivity contribution in [1.82, 2.24) is 24.5 Å². The molecule has 5 nitrogen and oxygen atoms in total. The Morgan fingerprint density at radius 2 is 0.981 bits per heavy atom. The molecule has 0 bridgehead atoms. The van der Waals surface area contributed by atoms with Crippen molar-refractivity contribution in [2.45, 2.75) is 0 Å². The highest BCUT2D eigenvalue weighted by Crippen LogP contribution is 2.36. The molecule has 0 atom stereocenters. The van der Waals surface area contributed by atoms with Gasteiger partial charge in [0.15, 0.2) is 17.5 Å². The topological polar surface area (TPSA) is 56.5 Å². The fraction of sp³-hybridized carbons (Fsp3) is 0. The third-order valence-electron chi connectivity index (χ3n) is 9.94. The van der Waals surface area contributed by atoms with Crippen molar-refractivity contribution in [2.75, 3.05) is 0 Å². The first-order valence-corrected chi connectivity index (χ1v) is 17.7. The van der Waals surface area contributed by atoms with Crippen LogP contribution in [0.2, 0.25) is 0 Å². The fourth-order valence-corrected chi connectivity index (χ4v) is 7.37. The first-order valence-electron chi connectivity index (χ1n) is 17.7. The first-order chi connectivity index (χ1) is 26.3. The monoisotopic (exact) mass is 677 g/mol. The van der Waals surface area contributed by atoms with Crippen molar-refractivity contribution in [1.29, 1.82) is 0 Å². The van der Waals surface area contributed by atoms with Gasteiger partial charge in [-0.1, -0.05) is 133 Å². The van der Waals surface area contributed by atoms with Crippen LogP contribution in [-0.2, 0) is 0 Å². The molecular weight excluding hydrogens is 647 g/mol. The van der Waals surface area contributed by atoms with Gasteiger partial charge in [-0.3, -0.25) is 4.98 Å². The second kappa shape index (κ2) is 12.8. The molecule has 0 fully saturated rings. The van der Waals surface area contributed by atoms with Crippen LogP contribution in [0.4, 0.5) is 0 Å². The van der Waals surface area contributed by atoms with E-state index >= 15 is 0 Å². The van der Waals surface area contributed by atoms with Crippen molar-refractivity contribution < 1.29 is 0 Å². The van der Waals surface area contributed by atoms with Gasteiger partial charge in [0.1, 0.15) is 0 Å². The van der Waals surface area contributed by atoms with Crippen LogP contribution in [0.15, 0.2) is 188 Å².